The van der Waals surface area contributed by atoms with E-state index < -0.39 is 0 Å². The molecule has 0 radical (unpaired) electrons. The van der Waals surface area contributed by atoms with Gasteiger partial charge in [0, 0.05) is 20.5 Å². The highest BCUT2D eigenvalue weighted by molar-refractivity contribution is 9.29. The van der Waals surface area contributed by atoms with E-state index in [9.17, 15) is 0 Å². The van der Waals surface area contributed by atoms with E-state index in [1.807, 2.05) is 41.2 Å². The Hall–Kier alpha value is 2.19. The van der Waals surface area contributed by atoms with Crippen molar-refractivity contribution >= 4 is 93.1 Å². The molecule has 0 saturated heterocycles. The molecule has 0 unspecified atom stereocenters. The van der Waals surface area contributed by atoms with Gasteiger partial charge in [0.25, 0.3) is 0 Å². The fourth-order valence-corrected chi connectivity index (χ4v) is 13.6. The average molecular weight is 453 g/mol. The minimum atomic E-state index is 1.32. The Kier molecular flexibility index (Phi) is 18.3. The van der Waals surface area contributed by atoms with Gasteiger partial charge in [0.2, 0.25) is 0 Å². The summed E-state index contributed by atoms with van der Waals surface area (Å²) in [6.45, 7) is 0. The molecule has 0 saturated carbocycles. The average Bonchev–Trinajstić information content (AvgIpc) is 2.47. The molecule has 134 valence electrons. The monoisotopic (exact) mass is 452 g/mol. The summed E-state index contributed by atoms with van der Waals surface area (Å²) in [5.74, 6) is 2.63. The molecule has 22 heavy (non-hydrogen) atoms. The van der Waals surface area contributed by atoms with Crippen LogP contribution in [0, 0.1) is 0 Å². The number of nitrogens with zero attached hydrogens (tertiary/aromatic N) is 2. The molecule has 0 aromatic rings. The number of hydrogen-bond donors (Lipinski definition) is 2. The Morgan fingerprint density at radius 1 is 0.773 bits per heavy atom. The maximum atomic E-state index is 2.28. The number of hydrogen-bond acceptors (Lipinski definition) is 4. The summed E-state index contributed by atoms with van der Waals surface area (Å²) in [6.07, 6.45) is 2.77. The predicted octanol–water partition coefficient (Wildman–Crippen LogP) is 2.24. The second kappa shape index (κ2) is 16.7. The first kappa shape index (κ1) is 24.2. The standard InChI is InChI=1S/C12H32N2S6Si2/c1-13(2)11(15-7-5-9-21)17-19-20-18-12(14(3)4)16-8-6-10-22/h15-16H,5-10H2,1-4,21-22H3. The summed E-state index contributed by atoms with van der Waals surface area (Å²) in [6, 6.07) is 2.85. The lowest BCUT2D eigenvalue weighted by Crippen LogP contribution is -2.16. The van der Waals surface area contributed by atoms with Crippen molar-refractivity contribution < 1.29 is 0 Å². The summed E-state index contributed by atoms with van der Waals surface area (Å²) in [5.41, 5.74) is 0. The Morgan fingerprint density at radius 3 is 1.41 bits per heavy atom. The zero-order chi connectivity index (χ0) is 16.8. The van der Waals surface area contributed by atoms with Crippen LogP contribution in [0.25, 0.3) is 0 Å². The zero-order valence-electron chi connectivity index (χ0n) is 14.7. The molecule has 0 bridgehead atoms. The van der Waals surface area contributed by atoms with Crippen molar-refractivity contribution in [1.29, 1.82) is 0 Å². The van der Waals surface area contributed by atoms with Crippen LogP contribution in [0.15, 0.2) is 0 Å². The lowest BCUT2D eigenvalue weighted by Gasteiger charge is -2.15. The van der Waals surface area contributed by atoms with Crippen LogP contribution in [0.2, 0.25) is 12.1 Å². The van der Waals surface area contributed by atoms with Crippen LogP contribution in [0.3, 0.4) is 0 Å². The summed E-state index contributed by atoms with van der Waals surface area (Å²) < 4.78 is 2.96. The van der Waals surface area contributed by atoms with Gasteiger partial charge in [0.1, 0.15) is 0 Å². The lowest BCUT2D eigenvalue weighted by molar-refractivity contribution is 0.648. The molecule has 0 spiro atoms. The largest absolute Gasteiger partial charge is 0.270 e. The van der Waals surface area contributed by atoms with Gasteiger partial charge in [0.05, 0.1) is 8.64 Å². The highest BCUT2D eigenvalue weighted by atomic mass is 33.7. The van der Waals surface area contributed by atoms with Crippen LogP contribution < -0.4 is 0 Å². The van der Waals surface area contributed by atoms with Crippen molar-refractivity contribution in [2.75, 3.05) is 39.7 Å². The van der Waals surface area contributed by atoms with Crippen molar-refractivity contribution in [2.45, 2.75) is 24.9 Å². The van der Waals surface area contributed by atoms with E-state index in [0.29, 0.717) is 0 Å². The summed E-state index contributed by atoms with van der Waals surface area (Å²) >= 11 is 2.99. The smallest absolute Gasteiger partial charge is 0.0841 e. The van der Waals surface area contributed by atoms with Crippen LogP contribution in [0.5, 0.6) is 0 Å². The van der Waals surface area contributed by atoms with Crippen molar-refractivity contribution in [3.05, 3.63) is 0 Å². The fraction of sp³-hybridized carbons (Fsp3) is 0.833. The highest BCUT2D eigenvalue weighted by Gasteiger charge is 2.06. The SMILES string of the molecule is CN(C)C(SSSSC(=[SH]CCC[SiH3])N(C)C)=[SH]CCC[SiH3]. The van der Waals surface area contributed by atoms with Crippen molar-refractivity contribution in [2.24, 2.45) is 0 Å². The van der Waals surface area contributed by atoms with Gasteiger partial charge in [-0.2, -0.15) is 22.7 Å². The molecule has 10 heteroatoms. The molecule has 0 atom stereocenters. The third-order valence-corrected chi connectivity index (χ3v) is 14.4. The predicted molar refractivity (Wildman–Crippen MR) is 134 cm³/mol. The van der Waals surface area contributed by atoms with E-state index in [1.54, 1.807) is 0 Å². The Bertz CT molecular complexity index is 308. The van der Waals surface area contributed by atoms with E-state index in [4.69, 9.17) is 0 Å². The first-order valence-corrected chi connectivity index (χ1v) is 17.4. The van der Waals surface area contributed by atoms with Crippen LogP contribution in [0.1, 0.15) is 12.8 Å². The third kappa shape index (κ3) is 13.5. The Balaban J connectivity index is 4.18. The van der Waals surface area contributed by atoms with Gasteiger partial charge in [-0.05, 0) is 93.8 Å². The van der Waals surface area contributed by atoms with Crippen LogP contribution in [-0.2, 0) is 0 Å². The Morgan fingerprint density at radius 2 is 1.14 bits per heavy atom. The van der Waals surface area contributed by atoms with Crippen LogP contribution >= 0.6 is 63.9 Å². The number of thiol groups is 2. The molecular weight excluding hydrogens is 421 g/mol. The zero-order valence-corrected chi connectivity index (χ0v) is 23.7. The van der Waals surface area contributed by atoms with E-state index in [-0.39, 0.29) is 0 Å². The molecule has 0 N–H and O–H groups in total. The van der Waals surface area contributed by atoms with Gasteiger partial charge in [-0.3, -0.25) is 9.80 Å². The number of rotatable bonds is 9. The molecule has 0 rings (SSSR count). The van der Waals surface area contributed by atoms with Crippen LogP contribution in [0.4, 0.5) is 0 Å². The highest BCUT2D eigenvalue weighted by Crippen LogP contribution is 2.45. The van der Waals surface area contributed by atoms with Crippen molar-refractivity contribution in [3.8, 4) is 0 Å². The van der Waals surface area contributed by atoms with Gasteiger partial charge < -0.3 is 0 Å². The molecule has 0 aliphatic carbocycles. The summed E-state index contributed by atoms with van der Waals surface area (Å²) in [7, 11) is 19.0. The van der Waals surface area contributed by atoms with Crippen molar-refractivity contribution in [3.63, 3.8) is 0 Å². The first-order valence-electron chi connectivity index (χ1n) is 7.64. The van der Waals surface area contributed by atoms with E-state index in [2.05, 4.69) is 38.0 Å². The quantitative estimate of drug-likeness (QED) is 0.181. The minimum absolute atomic E-state index is 1.32. The van der Waals surface area contributed by atoms with Gasteiger partial charge in [-0.25, -0.2) is 0 Å². The first-order chi connectivity index (χ1) is 10.5. The molecule has 0 heterocycles. The second-order valence-corrected chi connectivity index (χ2v) is 15.8. The summed E-state index contributed by atoms with van der Waals surface area (Å²) in [4.78, 5) is 4.55. The minimum Gasteiger partial charge on any atom is -0.270 e. The Labute approximate surface area is 166 Å². The topological polar surface area (TPSA) is 6.48 Å². The van der Waals surface area contributed by atoms with Crippen LogP contribution in [-0.4, -0.2) is 78.6 Å². The van der Waals surface area contributed by atoms with Gasteiger partial charge in [-0.15, -0.1) is 0 Å². The fourth-order valence-electron chi connectivity index (χ4n) is 1.24. The maximum absolute atomic E-state index is 2.28. The molecule has 2 nitrogen and oxygen atoms in total. The normalized spacial score (nSPS) is 14.5. The molecule has 0 fully saturated rings. The van der Waals surface area contributed by atoms with E-state index in [0.717, 1.165) is 0 Å². The summed E-state index contributed by atoms with van der Waals surface area (Å²) in [5, 5.41) is 0. The second-order valence-electron chi connectivity index (χ2n) is 5.13. The lowest BCUT2D eigenvalue weighted by atomic mass is 10.6. The molecule has 0 aliphatic rings. The van der Waals surface area contributed by atoms with Gasteiger partial charge >= 0.3 is 0 Å². The van der Waals surface area contributed by atoms with E-state index in [1.165, 1.54) is 88.3 Å². The van der Waals surface area contributed by atoms with Crippen molar-refractivity contribution in [1.82, 2.24) is 9.80 Å². The maximum Gasteiger partial charge on any atom is 0.0841 e. The van der Waals surface area contributed by atoms with Gasteiger partial charge in [0.15, 0.2) is 0 Å². The molecule has 0 amide bonds. The van der Waals surface area contributed by atoms with E-state index >= 15 is 0 Å². The van der Waals surface area contributed by atoms with Gasteiger partial charge in [-0.1, -0.05) is 12.1 Å². The third-order valence-electron chi connectivity index (χ3n) is 2.53. The molecule has 0 aromatic heterocycles. The molecule has 0 aromatic carbocycles. The molecule has 0 aliphatic heterocycles. The molecular formula is C12H32N2S6Si2.